The van der Waals surface area contributed by atoms with E-state index in [1.165, 1.54) is 25.7 Å². The Morgan fingerprint density at radius 3 is 2.11 bits per heavy atom. The van der Waals surface area contributed by atoms with E-state index in [9.17, 15) is 41.0 Å². The summed E-state index contributed by atoms with van der Waals surface area (Å²) in [5, 5.41) is 15.7. The topological polar surface area (TPSA) is 85.8 Å². The second-order valence-electron chi connectivity index (χ2n) is 15.3. The largest absolute Gasteiger partial charge is 0.480 e. The van der Waals surface area contributed by atoms with Crippen molar-refractivity contribution in [1.82, 2.24) is 20.1 Å². The zero-order chi connectivity index (χ0) is 37.8. The first-order valence-electron chi connectivity index (χ1n) is 18.1. The third-order valence-corrected chi connectivity index (χ3v) is 11.8. The van der Waals surface area contributed by atoms with Gasteiger partial charge in [-0.15, -0.1) is 0 Å². The Labute approximate surface area is 303 Å². The molecular weight excluding hydrogens is 698 g/mol. The molecule has 1 aliphatic carbocycles. The van der Waals surface area contributed by atoms with Gasteiger partial charge in [-0.1, -0.05) is 60.2 Å². The van der Waals surface area contributed by atoms with Crippen LogP contribution in [0.15, 0.2) is 60.8 Å². The summed E-state index contributed by atoms with van der Waals surface area (Å²) in [7, 11) is 0. The van der Waals surface area contributed by atoms with Crippen LogP contribution in [0.5, 0.6) is 0 Å². The van der Waals surface area contributed by atoms with Crippen LogP contribution >= 0.6 is 0 Å². The number of aromatic nitrogens is 1. The first-order chi connectivity index (χ1) is 25.1. The summed E-state index contributed by atoms with van der Waals surface area (Å²) < 4.78 is 82.1. The molecule has 282 valence electrons. The fraction of sp³-hybridized carbons (Fsp3) is 0.475. The lowest BCUT2D eigenvalue weighted by Gasteiger charge is -2.42. The number of rotatable bonds is 9. The van der Waals surface area contributed by atoms with Crippen LogP contribution < -0.4 is 5.32 Å². The Morgan fingerprint density at radius 2 is 1.47 bits per heavy atom. The predicted octanol–water partition coefficient (Wildman–Crippen LogP) is 8.06. The highest BCUT2D eigenvalue weighted by molar-refractivity contribution is 6.05. The minimum absolute atomic E-state index is 0.320. The normalized spacial score (nSPS) is 19.8. The lowest BCUT2D eigenvalue weighted by Crippen LogP contribution is -2.59. The highest BCUT2D eigenvalue weighted by Crippen LogP contribution is 2.54. The zero-order valence-electron chi connectivity index (χ0n) is 29.4. The van der Waals surface area contributed by atoms with Gasteiger partial charge in [-0.2, -0.15) is 26.3 Å². The van der Waals surface area contributed by atoms with Gasteiger partial charge in [0, 0.05) is 30.1 Å². The molecule has 3 aliphatic rings. The number of fused-ring (bicyclic) bond motifs is 2. The molecule has 1 saturated carbocycles. The number of hydrogen-bond donors (Lipinski definition) is 2. The number of nitrogens with zero attached hydrogens (tertiary/aromatic N) is 3. The number of hydrogen-bond acceptors (Lipinski definition) is 5. The van der Waals surface area contributed by atoms with Crippen LogP contribution in [-0.4, -0.2) is 82.9 Å². The summed E-state index contributed by atoms with van der Waals surface area (Å²) in [6.45, 7) is 2.37. The average molecular weight is 741 g/mol. The SMILES string of the molecule is Cc1ccc2c(-c3cccc4c(C[C@H](NC(=O)C5(C(F)(F)F)CCN(CC(F)(F)F)CC5)C(=O)O)cccc34)ncc(CN3CCC4(CC3)CC4)c2c1. The molecule has 53 heavy (non-hydrogen) atoms. The van der Waals surface area contributed by atoms with Crippen molar-refractivity contribution in [3.8, 4) is 11.3 Å². The van der Waals surface area contributed by atoms with Gasteiger partial charge in [0.25, 0.3) is 0 Å². The molecule has 1 amide bonds. The molecule has 2 aliphatic heterocycles. The van der Waals surface area contributed by atoms with Crippen molar-refractivity contribution < 1.29 is 41.0 Å². The number of carbonyl (C=O) groups excluding carboxylic acids is 1. The molecule has 0 radical (unpaired) electrons. The number of pyridine rings is 1. The van der Waals surface area contributed by atoms with Crippen LogP contribution in [-0.2, 0) is 22.6 Å². The Kier molecular flexibility index (Phi) is 9.72. The van der Waals surface area contributed by atoms with Crippen molar-refractivity contribution in [3.05, 3.63) is 77.5 Å². The second kappa shape index (κ2) is 13.9. The minimum Gasteiger partial charge on any atom is -0.480 e. The number of halogens is 6. The molecule has 7 nitrogen and oxygen atoms in total. The van der Waals surface area contributed by atoms with Crippen molar-refractivity contribution in [2.75, 3.05) is 32.7 Å². The fourth-order valence-electron chi connectivity index (χ4n) is 8.32. The smallest absolute Gasteiger partial charge is 0.403 e. The van der Waals surface area contributed by atoms with Crippen LogP contribution in [0.1, 0.15) is 55.2 Å². The minimum atomic E-state index is -5.10. The van der Waals surface area contributed by atoms with E-state index in [0.29, 0.717) is 16.4 Å². The van der Waals surface area contributed by atoms with E-state index in [1.54, 1.807) is 18.2 Å². The summed E-state index contributed by atoms with van der Waals surface area (Å²) in [5.41, 5.74) is 1.86. The Hall–Kier alpha value is -4.23. The lowest BCUT2D eigenvalue weighted by molar-refractivity contribution is -0.236. The molecule has 1 spiro atoms. The summed E-state index contributed by atoms with van der Waals surface area (Å²) in [6.07, 6.45) is -4.79. The molecule has 4 aromatic rings. The van der Waals surface area contributed by atoms with Crippen molar-refractivity contribution in [3.63, 3.8) is 0 Å². The highest BCUT2D eigenvalue weighted by atomic mass is 19.4. The molecule has 0 unspecified atom stereocenters. The maximum absolute atomic E-state index is 14.5. The first-order valence-corrected chi connectivity index (χ1v) is 18.1. The van der Waals surface area contributed by atoms with Gasteiger partial charge in [-0.25, -0.2) is 4.79 Å². The quantitative estimate of drug-likeness (QED) is 0.169. The maximum Gasteiger partial charge on any atom is 0.403 e. The van der Waals surface area contributed by atoms with Gasteiger partial charge in [0.15, 0.2) is 0 Å². The number of benzene rings is 3. The summed E-state index contributed by atoms with van der Waals surface area (Å²) in [4.78, 5) is 34.1. The van der Waals surface area contributed by atoms with E-state index in [0.717, 1.165) is 63.1 Å². The van der Waals surface area contributed by atoms with Gasteiger partial charge in [-0.05, 0) is 104 Å². The number of carbonyl (C=O) groups is 2. The number of likely N-dealkylation sites (tertiary alicyclic amines) is 2. The van der Waals surface area contributed by atoms with Crippen LogP contribution in [0.2, 0.25) is 0 Å². The van der Waals surface area contributed by atoms with E-state index in [4.69, 9.17) is 4.98 Å². The van der Waals surface area contributed by atoms with Gasteiger partial charge >= 0.3 is 18.3 Å². The monoisotopic (exact) mass is 740 g/mol. The fourth-order valence-corrected chi connectivity index (χ4v) is 8.32. The molecule has 7 rings (SSSR count). The average Bonchev–Trinajstić information content (AvgIpc) is 3.86. The molecule has 3 fully saturated rings. The van der Waals surface area contributed by atoms with Crippen LogP contribution in [0.25, 0.3) is 32.8 Å². The summed E-state index contributed by atoms with van der Waals surface area (Å²) in [5.74, 6) is -3.08. The molecule has 3 heterocycles. The standard InChI is InChI=1S/C40H42F6N4O3/c1-25-8-9-31-32(20-25)27(23-49-16-12-37(10-11-37)13-17-49)22-47-34(31)30-7-3-5-28-26(4-2-6-29(28)30)21-33(35(51)52)48-36(53)38(40(44,45)46)14-18-50(19-15-38)24-39(41,42)43/h2-9,20,22,33H,10-19,21,23-24H2,1H3,(H,48,53)(H,51,52)/t33-/m0/s1. The number of carboxylic acid groups (broad SMARTS) is 1. The summed E-state index contributed by atoms with van der Waals surface area (Å²) in [6, 6.07) is 15.4. The van der Waals surface area contributed by atoms with Crippen molar-refractivity contribution in [1.29, 1.82) is 0 Å². The van der Waals surface area contributed by atoms with Crippen LogP contribution in [0.3, 0.4) is 0 Å². The van der Waals surface area contributed by atoms with Crippen LogP contribution in [0, 0.1) is 17.8 Å². The Balaban J connectivity index is 1.16. The molecule has 1 atom stereocenters. The van der Waals surface area contributed by atoms with E-state index < -0.39 is 68.2 Å². The van der Waals surface area contributed by atoms with Gasteiger partial charge in [0.05, 0.1) is 12.2 Å². The van der Waals surface area contributed by atoms with Crippen LogP contribution in [0.4, 0.5) is 26.3 Å². The number of amides is 1. The highest BCUT2D eigenvalue weighted by Gasteiger charge is 2.61. The van der Waals surface area contributed by atoms with E-state index in [1.807, 2.05) is 30.5 Å². The van der Waals surface area contributed by atoms with Crippen molar-refractivity contribution in [2.45, 2.75) is 76.8 Å². The zero-order valence-corrected chi connectivity index (χ0v) is 29.4. The van der Waals surface area contributed by atoms with E-state index >= 15 is 0 Å². The predicted molar refractivity (Wildman–Crippen MR) is 189 cm³/mol. The van der Waals surface area contributed by atoms with Gasteiger partial charge < -0.3 is 10.4 Å². The summed E-state index contributed by atoms with van der Waals surface area (Å²) >= 11 is 0. The molecule has 1 aromatic heterocycles. The lowest BCUT2D eigenvalue weighted by atomic mass is 9.76. The molecular formula is C40H42F6N4O3. The Morgan fingerprint density at radius 1 is 0.811 bits per heavy atom. The number of piperidine rings is 2. The number of alkyl halides is 6. The molecule has 2 saturated heterocycles. The molecule has 13 heteroatoms. The van der Waals surface area contributed by atoms with E-state index in [2.05, 4.69) is 29.3 Å². The molecule has 2 N–H and O–H groups in total. The third kappa shape index (κ3) is 7.60. The second-order valence-corrected chi connectivity index (χ2v) is 15.3. The third-order valence-electron chi connectivity index (χ3n) is 11.8. The molecule has 0 bridgehead atoms. The van der Waals surface area contributed by atoms with Gasteiger partial charge in [-0.3, -0.25) is 19.6 Å². The number of aliphatic carboxylic acids is 1. The number of carboxylic acids is 1. The number of aryl methyl sites for hydroxylation is 1. The van der Waals surface area contributed by atoms with Gasteiger partial charge in [0.1, 0.15) is 11.5 Å². The molecule has 3 aromatic carbocycles. The van der Waals surface area contributed by atoms with Crippen molar-refractivity contribution >= 4 is 33.4 Å². The van der Waals surface area contributed by atoms with Gasteiger partial charge in [0.2, 0.25) is 5.91 Å². The van der Waals surface area contributed by atoms with E-state index in [-0.39, 0.29) is 6.42 Å². The maximum atomic E-state index is 14.5. The van der Waals surface area contributed by atoms with Crippen molar-refractivity contribution in [2.24, 2.45) is 10.8 Å². The Bertz CT molecular complexity index is 2030. The first kappa shape index (κ1) is 37.1. The number of nitrogens with one attached hydrogen (secondary N) is 1.